The van der Waals surface area contributed by atoms with Crippen molar-refractivity contribution in [1.82, 2.24) is 14.9 Å². The van der Waals surface area contributed by atoms with Crippen molar-refractivity contribution in [1.29, 1.82) is 5.26 Å². The van der Waals surface area contributed by atoms with E-state index in [1.165, 1.54) is 0 Å². The second-order valence-electron chi connectivity index (χ2n) is 8.12. The van der Waals surface area contributed by atoms with E-state index in [9.17, 15) is 5.11 Å². The van der Waals surface area contributed by atoms with Gasteiger partial charge in [0.15, 0.2) is 0 Å². The van der Waals surface area contributed by atoms with Crippen LogP contribution >= 0.6 is 11.6 Å². The highest BCUT2D eigenvalue weighted by Crippen LogP contribution is 2.39. The fourth-order valence-electron chi connectivity index (χ4n) is 4.16. The Balaban J connectivity index is 1.51. The van der Waals surface area contributed by atoms with Gasteiger partial charge in [-0.1, -0.05) is 35.9 Å². The van der Waals surface area contributed by atoms with E-state index in [0.717, 1.165) is 22.5 Å². The summed E-state index contributed by atoms with van der Waals surface area (Å²) in [5, 5.41) is 20.4. The first-order valence-electron chi connectivity index (χ1n) is 10.3. The number of imidazole rings is 1. The van der Waals surface area contributed by atoms with Gasteiger partial charge in [-0.25, -0.2) is 9.37 Å². The van der Waals surface area contributed by atoms with Crippen molar-refractivity contribution in [3.63, 3.8) is 0 Å². The number of H-pyrrole nitrogens is 1. The van der Waals surface area contributed by atoms with Crippen LogP contribution < -0.4 is 0 Å². The number of nitriles is 1. The van der Waals surface area contributed by atoms with Gasteiger partial charge in [-0.15, -0.1) is 0 Å². The highest BCUT2D eigenvalue weighted by atomic mass is 35.5. The van der Waals surface area contributed by atoms with E-state index in [0.29, 0.717) is 35.1 Å². The Kier molecular flexibility index (Phi) is 5.85. The zero-order valence-electron chi connectivity index (χ0n) is 17.5. The lowest BCUT2D eigenvalue weighted by atomic mass is 9.85. The highest BCUT2D eigenvalue weighted by Gasteiger charge is 2.38. The van der Waals surface area contributed by atoms with Crippen LogP contribution in [0, 0.1) is 25.2 Å². The Morgan fingerprint density at radius 2 is 1.87 bits per heavy atom. The quantitative estimate of drug-likeness (QED) is 0.589. The molecule has 1 unspecified atom stereocenters. The number of aryl methyl sites for hydroxylation is 2. The van der Waals surface area contributed by atoms with Crippen molar-refractivity contribution in [2.45, 2.75) is 38.6 Å². The molecular weight excluding hydrogens is 415 g/mol. The molecule has 160 valence electrons. The number of aromatic amines is 1. The molecule has 0 aliphatic carbocycles. The molecule has 7 heteroatoms. The van der Waals surface area contributed by atoms with Gasteiger partial charge in [-0.05, 0) is 61.6 Å². The lowest BCUT2D eigenvalue weighted by molar-refractivity contribution is -0.0472. The monoisotopic (exact) mass is 438 g/mol. The predicted molar refractivity (Wildman–Crippen MR) is 118 cm³/mol. The van der Waals surface area contributed by atoms with Crippen molar-refractivity contribution in [2.24, 2.45) is 0 Å². The minimum atomic E-state index is -1.46. The average Bonchev–Trinajstić information content (AvgIpc) is 3.12. The Bertz CT molecular complexity index is 1130. The summed E-state index contributed by atoms with van der Waals surface area (Å²) < 4.78 is 15.5. The fraction of sp³-hybridized carbons (Fsp3) is 0.333. The number of piperidine rings is 1. The molecule has 3 aromatic rings. The van der Waals surface area contributed by atoms with Gasteiger partial charge in [0.2, 0.25) is 0 Å². The topological polar surface area (TPSA) is 75.9 Å². The summed E-state index contributed by atoms with van der Waals surface area (Å²) in [5.41, 5.74) is 2.90. The lowest BCUT2D eigenvalue weighted by Gasteiger charge is -2.39. The first kappa shape index (κ1) is 21.5. The molecule has 2 aromatic carbocycles. The summed E-state index contributed by atoms with van der Waals surface area (Å²) in [7, 11) is 0. The van der Waals surface area contributed by atoms with Crippen LogP contribution in [0.3, 0.4) is 0 Å². The van der Waals surface area contributed by atoms with Crippen molar-refractivity contribution >= 4 is 11.6 Å². The molecule has 2 N–H and O–H groups in total. The normalized spacial score (nSPS) is 17.3. The number of halogens is 2. The second kappa shape index (κ2) is 8.43. The number of alkyl halides is 1. The summed E-state index contributed by atoms with van der Waals surface area (Å²) in [5.74, 6) is 0.725. The first-order valence-corrected chi connectivity index (χ1v) is 10.6. The standard InChI is InChI=1S/C24H24ClFN4O/c1-15-3-6-18(13-20(15)21-22(25)29-16(2)28-21)23(31)30-11-9-24(26,10-12-30)19-7-4-17(14-27)5-8-19/h3-8,13,23,31H,9-12H2,1-2H3,(H,28,29). The summed E-state index contributed by atoms with van der Waals surface area (Å²) in [6.07, 6.45) is -0.290. The lowest BCUT2D eigenvalue weighted by Crippen LogP contribution is -2.42. The Labute approximate surface area is 186 Å². The summed E-state index contributed by atoms with van der Waals surface area (Å²) in [6, 6.07) is 14.4. The minimum Gasteiger partial charge on any atom is -0.374 e. The van der Waals surface area contributed by atoms with Gasteiger partial charge >= 0.3 is 0 Å². The highest BCUT2D eigenvalue weighted by molar-refractivity contribution is 6.32. The molecule has 31 heavy (non-hydrogen) atoms. The third kappa shape index (κ3) is 4.22. The molecule has 1 aliphatic rings. The minimum absolute atomic E-state index is 0.277. The molecule has 1 fully saturated rings. The number of rotatable bonds is 4. The molecule has 1 atom stereocenters. The van der Waals surface area contributed by atoms with Crippen molar-refractivity contribution in [3.05, 3.63) is 75.7 Å². The third-order valence-corrected chi connectivity index (χ3v) is 6.33. The number of nitrogens with zero attached hydrogens (tertiary/aromatic N) is 3. The molecule has 1 saturated heterocycles. The maximum Gasteiger partial charge on any atom is 0.138 e. The van der Waals surface area contributed by atoms with Crippen LogP contribution in [-0.4, -0.2) is 33.1 Å². The number of aromatic nitrogens is 2. The van der Waals surface area contributed by atoms with E-state index in [4.69, 9.17) is 16.9 Å². The van der Waals surface area contributed by atoms with Gasteiger partial charge in [0.25, 0.3) is 0 Å². The van der Waals surface area contributed by atoms with Crippen LogP contribution in [0.1, 0.15) is 47.1 Å². The number of benzene rings is 2. The number of likely N-dealkylation sites (tertiary alicyclic amines) is 1. The van der Waals surface area contributed by atoms with E-state index >= 15 is 4.39 Å². The molecule has 0 radical (unpaired) electrons. The summed E-state index contributed by atoms with van der Waals surface area (Å²) in [6.45, 7) is 4.66. The number of hydrogen-bond donors (Lipinski definition) is 2. The van der Waals surface area contributed by atoms with E-state index in [-0.39, 0.29) is 12.8 Å². The number of nitrogens with one attached hydrogen (secondary N) is 1. The second-order valence-corrected chi connectivity index (χ2v) is 8.50. The van der Waals surface area contributed by atoms with Crippen molar-refractivity contribution in [2.75, 3.05) is 13.1 Å². The van der Waals surface area contributed by atoms with Gasteiger partial charge in [0, 0.05) is 18.7 Å². The van der Waals surface area contributed by atoms with Crippen LogP contribution in [0.15, 0.2) is 42.5 Å². The Morgan fingerprint density at radius 3 is 2.45 bits per heavy atom. The molecular formula is C24H24ClFN4O. The van der Waals surface area contributed by atoms with Gasteiger partial charge < -0.3 is 10.1 Å². The van der Waals surface area contributed by atoms with E-state index in [1.54, 1.807) is 24.3 Å². The molecule has 2 heterocycles. The number of aliphatic hydroxyl groups excluding tert-OH is 1. The molecule has 0 bridgehead atoms. The Hall–Kier alpha value is -2.72. The predicted octanol–water partition coefficient (Wildman–Crippen LogP) is 5.17. The zero-order valence-corrected chi connectivity index (χ0v) is 18.2. The third-order valence-electron chi connectivity index (χ3n) is 6.06. The van der Waals surface area contributed by atoms with Gasteiger partial charge in [-0.3, -0.25) is 4.90 Å². The van der Waals surface area contributed by atoms with Crippen LogP contribution in [0.2, 0.25) is 5.15 Å². The van der Waals surface area contributed by atoms with E-state index in [2.05, 4.69) is 16.0 Å². The Morgan fingerprint density at radius 1 is 1.19 bits per heavy atom. The van der Waals surface area contributed by atoms with Gasteiger partial charge in [-0.2, -0.15) is 5.26 Å². The largest absolute Gasteiger partial charge is 0.374 e. The van der Waals surface area contributed by atoms with Crippen molar-refractivity contribution in [3.8, 4) is 17.3 Å². The maximum atomic E-state index is 15.5. The zero-order chi connectivity index (χ0) is 22.2. The molecule has 0 amide bonds. The first-order chi connectivity index (χ1) is 14.8. The van der Waals surface area contributed by atoms with Gasteiger partial charge in [0.1, 0.15) is 28.6 Å². The fourth-order valence-corrected chi connectivity index (χ4v) is 4.44. The molecule has 1 aromatic heterocycles. The number of aliphatic hydroxyl groups is 1. The average molecular weight is 439 g/mol. The van der Waals surface area contributed by atoms with Crippen LogP contribution in [-0.2, 0) is 5.67 Å². The van der Waals surface area contributed by atoms with E-state index in [1.807, 2.05) is 36.9 Å². The molecule has 4 rings (SSSR count). The molecule has 0 spiro atoms. The van der Waals surface area contributed by atoms with Crippen LogP contribution in [0.25, 0.3) is 11.3 Å². The number of hydrogen-bond acceptors (Lipinski definition) is 4. The van der Waals surface area contributed by atoms with Crippen LogP contribution in [0.5, 0.6) is 0 Å². The van der Waals surface area contributed by atoms with E-state index < -0.39 is 11.9 Å². The van der Waals surface area contributed by atoms with Gasteiger partial charge in [0.05, 0.1) is 11.6 Å². The van der Waals surface area contributed by atoms with Crippen molar-refractivity contribution < 1.29 is 9.50 Å². The molecule has 0 saturated carbocycles. The smallest absolute Gasteiger partial charge is 0.138 e. The van der Waals surface area contributed by atoms with Crippen LogP contribution in [0.4, 0.5) is 4.39 Å². The molecule has 1 aliphatic heterocycles. The summed E-state index contributed by atoms with van der Waals surface area (Å²) in [4.78, 5) is 9.35. The molecule has 5 nitrogen and oxygen atoms in total. The SMILES string of the molecule is Cc1nc(-c2cc(C(O)N3CCC(F)(c4ccc(C#N)cc4)CC3)ccc2C)c(Cl)[nH]1. The summed E-state index contributed by atoms with van der Waals surface area (Å²) >= 11 is 6.29. The maximum absolute atomic E-state index is 15.5.